The number of hydrogen-bond acceptors (Lipinski definition) is 4. The summed E-state index contributed by atoms with van der Waals surface area (Å²) in [6.45, 7) is 2.92. The Balaban J connectivity index is 1.43. The van der Waals surface area contributed by atoms with Gasteiger partial charge in [0, 0.05) is 29.0 Å². The lowest BCUT2D eigenvalue weighted by Gasteiger charge is -2.22. The number of rotatable bonds is 10. The van der Waals surface area contributed by atoms with Crippen LogP contribution < -0.4 is 20.7 Å². The summed E-state index contributed by atoms with van der Waals surface area (Å²) in [4.78, 5) is 24.7. The quantitative estimate of drug-likeness (QED) is 0.471. The van der Waals surface area contributed by atoms with Crippen LogP contribution in [0.4, 0.5) is 11.4 Å². The first-order valence-corrected chi connectivity index (χ1v) is 11.3. The van der Waals surface area contributed by atoms with Crippen molar-refractivity contribution < 1.29 is 14.3 Å². The fourth-order valence-corrected chi connectivity index (χ4v) is 3.64. The second-order valence-corrected chi connectivity index (χ2v) is 8.02. The van der Waals surface area contributed by atoms with Gasteiger partial charge < -0.3 is 20.7 Å². The first kappa shape index (κ1) is 22.7. The van der Waals surface area contributed by atoms with Crippen LogP contribution in [-0.2, 0) is 4.79 Å². The molecule has 1 aliphatic rings. The molecule has 2 aromatic carbocycles. The highest BCUT2D eigenvalue weighted by Crippen LogP contribution is 2.19. The number of hydrogen-bond donors (Lipinski definition) is 3. The molecule has 0 unspecified atom stereocenters. The maximum atomic E-state index is 12.4. The molecule has 3 rings (SSSR count). The van der Waals surface area contributed by atoms with Crippen molar-refractivity contribution in [3.05, 3.63) is 54.1 Å². The first-order valence-electron chi connectivity index (χ1n) is 11.3. The van der Waals surface area contributed by atoms with Crippen molar-refractivity contribution in [1.82, 2.24) is 5.32 Å². The van der Waals surface area contributed by atoms with E-state index in [-0.39, 0.29) is 18.4 Å². The minimum absolute atomic E-state index is 0.0303. The van der Waals surface area contributed by atoms with Gasteiger partial charge in [0.15, 0.2) is 0 Å². The van der Waals surface area contributed by atoms with Crippen LogP contribution in [0.5, 0.6) is 5.75 Å². The zero-order valence-electron chi connectivity index (χ0n) is 18.3. The van der Waals surface area contributed by atoms with Gasteiger partial charge >= 0.3 is 0 Å². The molecule has 0 atom stereocenters. The molecule has 0 aliphatic heterocycles. The molecule has 1 aliphatic carbocycles. The van der Waals surface area contributed by atoms with Crippen LogP contribution >= 0.6 is 0 Å². The number of unbranched alkanes of at least 4 members (excludes halogenated alkanes) is 1. The molecule has 0 aromatic heterocycles. The van der Waals surface area contributed by atoms with Gasteiger partial charge in [-0.25, -0.2) is 0 Å². The van der Waals surface area contributed by atoms with Crippen LogP contribution in [0.1, 0.15) is 62.2 Å². The lowest BCUT2D eigenvalue weighted by Crippen LogP contribution is -2.36. The van der Waals surface area contributed by atoms with E-state index < -0.39 is 0 Å². The third-order valence-corrected chi connectivity index (χ3v) is 5.42. The van der Waals surface area contributed by atoms with E-state index in [4.69, 9.17) is 4.74 Å². The molecule has 0 spiro atoms. The van der Waals surface area contributed by atoms with Crippen LogP contribution in [0, 0.1) is 0 Å². The normalized spacial score (nSPS) is 14.0. The first-order chi connectivity index (χ1) is 15.1. The Morgan fingerprint density at radius 1 is 1.00 bits per heavy atom. The average molecular weight is 424 g/mol. The van der Waals surface area contributed by atoms with E-state index >= 15 is 0 Å². The molecule has 6 nitrogen and oxygen atoms in total. The van der Waals surface area contributed by atoms with E-state index in [1.165, 1.54) is 19.3 Å². The van der Waals surface area contributed by atoms with Gasteiger partial charge in [0.25, 0.3) is 5.91 Å². The van der Waals surface area contributed by atoms with Gasteiger partial charge in [0.1, 0.15) is 5.75 Å². The Kier molecular flexibility index (Phi) is 8.76. The zero-order valence-corrected chi connectivity index (χ0v) is 18.3. The Morgan fingerprint density at radius 2 is 1.77 bits per heavy atom. The summed E-state index contributed by atoms with van der Waals surface area (Å²) in [6, 6.07) is 14.9. The molecule has 0 radical (unpaired) electrons. The SMILES string of the molecule is CCCCOc1cccc(NC(=O)CNc2ccc(C(=O)NC3CCCCC3)cc2)c1. The minimum atomic E-state index is -0.148. The van der Waals surface area contributed by atoms with Crippen molar-refractivity contribution in [2.24, 2.45) is 0 Å². The van der Waals surface area contributed by atoms with Crippen LogP contribution in [-0.4, -0.2) is 31.0 Å². The predicted octanol–water partition coefficient (Wildman–Crippen LogP) is 4.98. The van der Waals surface area contributed by atoms with Crippen LogP contribution in [0.3, 0.4) is 0 Å². The lowest BCUT2D eigenvalue weighted by atomic mass is 9.95. The number of carbonyl (C=O) groups excluding carboxylic acids is 2. The van der Waals surface area contributed by atoms with Gasteiger partial charge in [-0.1, -0.05) is 38.7 Å². The molecule has 0 bridgehead atoms. The van der Waals surface area contributed by atoms with Gasteiger partial charge in [0.2, 0.25) is 5.91 Å². The summed E-state index contributed by atoms with van der Waals surface area (Å²) in [5.41, 5.74) is 2.14. The number of benzene rings is 2. The van der Waals surface area contributed by atoms with Crippen LogP contribution in [0.15, 0.2) is 48.5 Å². The van der Waals surface area contributed by atoms with E-state index in [9.17, 15) is 9.59 Å². The van der Waals surface area contributed by atoms with Crippen molar-refractivity contribution >= 4 is 23.2 Å². The van der Waals surface area contributed by atoms with E-state index in [0.29, 0.717) is 23.9 Å². The lowest BCUT2D eigenvalue weighted by molar-refractivity contribution is -0.114. The summed E-state index contributed by atoms with van der Waals surface area (Å²) < 4.78 is 5.68. The van der Waals surface area contributed by atoms with Gasteiger partial charge in [-0.2, -0.15) is 0 Å². The third-order valence-electron chi connectivity index (χ3n) is 5.42. The van der Waals surface area contributed by atoms with Crippen LogP contribution in [0.25, 0.3) is 0 Å². The van der Waals surface area contributed by atoms with E-state index in [2.05, 4.69) is 22.9 Å². The van der Waals surface area contributed by atoms with Gasteiger partial charge in [-0.05, 0) is 55.7 Å². The molecule has 0 saturated heterocycles. The molecule has 31 heavy (non-hydrogen) atoms. The molecule has 2 aromatic rings. The molecule has 2 amide bonds. The van der Waals surface area contributed by atoms with E-state index in [1.807, 2.05) is 36.4 Å². The molecule has 6 heteroatoms. The summed E-state index contributed by atoms with van der Waals surface area (Å²) in [5, 5.41) is 9.09. The molecule has 166 valence electrons. The Bertz CT molecular complexity index is 845. The smallest absolute Gasteiger partial charge is 0.251 e. The summed E-state index contributed by atoms with van der Waals surface area (Å²) >= 11 is 0. The maximum absolute atomic E-state index is 12.4. The Labute approximate surface area is 184 Å². The van der Waals surface area contributed by atoms with Crippen molar-refractivity contribution in [3.8, 4) is 5.75 Å². The molecule has 1 fully saturated rings. The standard InChI is InChI=1S/C25H33N3O3/c1-2-3-16-31-23-11-7-10-22(17-23)27-24(29)18-26-20-14-12-19(13-15-20)25(30)28-21-8-5-4-6-9-21/h7,10-15,17,21,26H,2-6,8-9,16,18H2,1H3,(H,27,29)(H,28,30). The summed E-state index contributed by atoms with van der Waals surface area (Å²) in [5.74, 6) is 0.573. The van der Waals surface area contributed by atoms with Gasteiger partial charge in [-0.15, -0.1) is 0 Å². The number of ether oxygens (including phenoxy) is 1. The highest BCUT2D eigenvalue weighted by molar-refractivity contribution is 5.95. The van der Waals surface area contributed by atoms with E-state index in [0.717, 1.165) is 37.1 Å². The average Bonchev–Trinajstić information content (AvgIpc) is 2.79. The third kappa shape index (κ3) is 7.63. The second-order valence-electron chi connectivity index (χ2n) is 8.02. The van der Waals surface area contributed by atoms with Crippen molar-refractivity contribution in [2.75, 3.05) is 23.8 Å². The van der Waals surface area contributed by atoms with Crippen LogP contribution in [0.2, 0.25) is 0 Å². The molecular formula is C25H33N3O3. The summed E-state index contributed by atoms with van der Waals surface area (Å²) in [6.07, 6.45) is 7.84. The largest absolute Gasteiger partial charge is 0.494 e. The highest BCUT2D eigenvalue weighted by Gasteiger charge is 2.16. The monoisotopic (exact) mass is 423 g/mol. The number of carbonyl (C=O) groups is 2. The number of amides is 2. The molecule has 1 saturated carbocycles. The topological polar surface area (TPSA) is 79.5 Å². The predicted molar refractivity (Wildman–Crippen MR) is 125 cm³/mol. The van der Waals surface area contributed by atoms with E-state index in [1.54, 1.807) is 12.1 Å². The highest BCUT2D eigenvalue weighted by atomic mass is 16.5. The number of anilines is 2. The Hall–Kier alpha value is -3.02. The fourth-order valence-electron chi connectivity index (χ4n) is 3.64. The summed E-state index contributed by atoms with van der Waals surface area (Å²) in [7, 11) is 0. The zero-order chi connectivity index (χ0) is 21.9. The molecule has 0 heterocycles. The van der Waals surface area contributed by atoms with Gasteiger partial charge in [0.05, 0.1) is 13.2 Å². The van der Waals surface area contributed by atoms with Gasteiger partial charge in [-0.3, -0.25) is 9.59 Å². The maximum Gasteiger partial charge on any atom is 0.251 e. The van der Waals surface area contributed by atoms with Crippen molar-refractivity contribution in [2.45, 2.75) is 57.9 Å². The molecular weight excluding hydrogens is 390 g/mol. The number of nitrogens with one attached hydrogen (secondary N) is 3. The fraction of sp³-hybridized carbons (Fsp3) is 0.440. The Morgan fingerprint density at radius 3 is 2.52 bits per heavy atom. The van der Waals surface area contributed by atoms with Crippen molar-refractivity contribution in [3.63, 3.8) is 0 Å². The van der Waals surface area contributed by atoms with Crippen molar-refractivity contribution in [1.29, 1.82) is 0 Å². The minimum Gasteiger partial charge on any atom is -0.494 e. The molecule has 3 N–H and O–H groups in total. The second kappa shape index (κ2) is 12.0.